The number of carbonyl (C=O) groups excluding carboxylic acids is 2. The Morgan fingerprint density at radius 3 is 1.00 bits per heavy atom. The zero-order valence-electron chi connectivity index (χ0n) is 15.3. The van der Waals surface area contributed by atoms with Gasteiger partial charge < -0.3 is 0 Å². The summed E-state index contributed by atoms with van der Waals surface area (Å²) in [6, 6.07) is 0. The summed E-state index contributed by atoms with van der Waals surface area (Å²) in [4.78, 5) is 23.4. The number of nitrogens with zero attached hydrogens (tertiary/aromatic N) is 2. The summed E-state index contributed by atoms with van der Waals surface area (Å²) in [6.07, 6.45) is -13.3. The third kappa shape index (κ3) is 4.77. The molecule has 0 heterocycles. The Balaban J connectivity index is 7.00. The Labute approximate surface area is 168 Å². The van der Waals surface area contributed by atoms with E-state index < -0.39 is 57.9 Å². The first-order chi connectivity index (χ1) is 14.0. The van der Waals surface area contributed by atoms with Gasteiger partial charge in [-0.05, 0) is 13.8 Å². The van der Waals surface area contributed by atoms with Crippen molar-refractivity contribution in [2.75, 3.05) is 0 Å². The van der Waals surface area contributed by atoms with Gasteiger partial charge >= 0.3 is 47.9 Å². The summed E-state index contributed by atoms with van der Waals surface area (Å²) in [5, 5.41) is -2.80. The molecule has 0 rings (SSSR count). The fraction of sp³-hybridized carbons (Fsp3) is 0.571. The van der Waals surface area contributed by atoms with Crippen molar-refractivity contribution in [2.24, 2.45) is 0 Å². The normalized spacial score (nSPS) is 14.9. The van der Waals surface area contributed by atoms with Crippen molar-refractivity contribution < 1.29 is 71.1 Å². The first-order valence-corrected chi connectivity index (χ1v) is 7.54. The van der Waals surface area contributed by atoms with E-state index in [4.69, 9.17) is 0 Å². The first kappa shape index (κ1) is 29.4. The molecule has 0 atom stereocenters. The van der Waals surface area contributed by atoms with E-state index in [1.54, 1.807) is 0 Å². The van der Waals surface area contributed by atoms with Crippen LogP contribution in [0.2, 0.25) is 0 Å². The number of halogens is 14. The van der Waals surface area contributed by atoms with E-state index in [2.05, 4.69) is 0 Å². The molecule has 0 spiro atoms. The Morgan fingerprint density at radius 2 is 0.812 bits per heavy atom. The van der Waals surface area contributed by atoms with Crippen molar-refractivity contribution in [1.29, 1.82) is 0 Å². The minimum atomic E-state index is -7.37. The smallest absolute Gasteiger partial charge is 0.265 e. The number of allylic oxidation sites excluding steroid dienone is 2. The number of alkyl halides is 14. The molecule has 186 valence electrons. The molecule has 0 bridgehead atoms. The quantitative estimate of drug-likeness (QED) is 0.350. The predicted octanol–water partition coefficient (Wildman–Crippen LogP) is 5.29. The molecule has 0 N–H and O–H groups in total. The van der Waals surface area contributed by atoms with Gasteiger partial charge in [-0.1, -0.05) is 12.2 Å². The van der Waals surface area contributed by atoms with Crippen molar-refractivity contribution in [3.8, 4) is 0 Å². The minimum absolute atomic E-state index is 0.0550. The van der Waals surface area contributed by atoms with Crippen LogP contribution in [0.4, 0.5) is 61.5 Å². The van der Waals surface area contributed by atoms with E-state index in [1.807, 2.05) is 0 Å². The van der Waals surface area contributed by atoms with Crippen molar-refractivity contribution in [1.82, 2.24) is 10.0 Å². The van der Waals surface area contributed by atoms with Gasteiger partial charge in [-0.15, -0.1) is 0 Å². The summed E-state index contributed by atoms with van der Waals surface area (Å²) in [5.41, 5.74) is 0. The second kappa shape index (κ2) is 8.76. The van der Waals surface area contributed by atoms with E-state index >= 15 is 0 Å². The zero-order valence-corrected chi connectivity index (χ0v) is 15.3. The molecule has 0 aromatic heterocycles. The molecular weight excluding hydrogens is 494 g/mol. The predicted molar refractivity (Wildman–Crippen MR) is 75.2 cm³/mol. The summed E-state index contributed by atoms with van der Waals surface area (Å²) in [6.45, 7) is 1.71. The number of hydrogen-bond donors (Lipinski definition) is 0. The highest BCUT2D eigenvalue weighted by molar-refractivity contribution is 6.02. The maximum Gasteiger partial charge on any atom is 0.460 e. The summed E-state index contributed by atoms with van der Waals surface area (Å²) < 4.78 is 181. The van der Waals surface area contributed by atoms with Gasteiger partial charge in [0, 0.05) is 12.4 Å². The average molecular weight is 504 g/mol. The monoisotopic (exact) mass is 504 g/mol. The van der Waals surface area contributed by atoms with E-state index in [9.17, 15) is 71.1 Å². The molecule has 0 aliphatic heterocycles. The molecule has 18 heteroatoms. The van der Waals surface area contributed by atoms with Crippen molar-refractivity contribution in [3.63, 3.8) is 0 Å². The van der Waals surface area contributed by atoms with Gasteiger partial charge in [0.25, 0.3) is 0 Å². The molecule has 0 saturated carbocycles. The van der Waals surface area contributed by atoms with Gasteiger partial charge in [0.05, 0.1) is 0 Å². The number of imide groups is 1. The molecule has 2 amide bonds. The molecule has 0 aliphatic carbocycles. The van der Waals surface area contributed by atoms with Crippen LogP contribution >= 0.6 is 0 Å². The van der Waals surface area contributed by atoms with Crippen molar-refractivity contribution in [3.05, 3.63) is 24.6 Å². The second-order valence-electron chi connectivity index (χ2n) is 5.56. The molecule has 32 heavy (non-hydrogen) atoms. The van der Waals surface area contributed by atoms with Gasteiger partial charge in [0.15, 0.2) is 0 Å². The largest absolute Gasteiger partial charge is 0.460 e. The Morgan fingerprint density at radius 1 is 0.562 bits per heavy atom. The van der Waals surface area contributed by atoms with E-state index in [1.165, 1.54) is 0 Å². The number of hydrogen-bond acceptors (Lipinski definition) is 3. The van der Waals surface area contributed by atoms with Crippen LogP contribution in [0.1, 0.15) is 13.8 Å². The maximum atomic E-state index is 13.7. The molecule has 0 unspecified atom stereocenters. The molecule has 0 aromatic carbocycles. The minimum Gasteiger partial charge on any atom is -0.265 e. The SMILES string of the molecule is C/C=C\N(/C=C/C)N(C(=O)C(F)(F)C(F)(F)C(F)(F)F)C(=O)C(F)(F)C(F)(F)C(F)(F)F. The third-order valence-corrected chi connectivity index (χ3v) is 3.26. The lowest BCUT2D eigenvalue weighted by atomic mass is 10.1. The molecule has 0 aliphatic rings. The number of hydrazine groups is 1. The van der Waals surface area contributed by atoms with E-state index in [0.29, 0.717) is 12.2 Å². The number of amides is 2. The fourth-order valence-corrected chi connectivity index (χ4v) is 1.68. The lowest BCUT2D eigenvalue weighted by molar-refractivity contribution is -0.352. The average Bonchev–Trinajstić information content (AvgIpc) is 2.59. The second-order valence-corrected chi connectivity index (χ2v) is 5.56. The van der Waals surface area contributed by atoms with E-state index in [-0.39, 0.29) is 12.4 Å². The van der Waals surface area contributed by atoms with E-state index in [0.717, 1.165) is 13.8 Å². The highest BCUT2D eigenvalue weighted by Gasteiger charge is 2.81. The summed E-state index contributed by atoms with van der Waals surface area (Å²) >= 11 is 0. The molecule has 0 radical (unpaired) electrons. The van der Waals surface area contributed by atoms with Crippen LogP contribution in [0.3, 0.4) is 0 Å². The van der Waals surface area contributed by atoms with Crippen molar-refractivity contribution in [2.45, 2.75) is 49.9 Å². The molecular formula is C14H10F14N2O2. The molecule has 0 saturated heterocycles. The Kier molecular flexibility index (Phi) is 8.06. The maximum absolute atomic E-state index is 13.7. The van der Waals surface area contributed by atoms with Crippen LogP contribution in [0.25, 0.3) is 0 Å². The van der Waals surface area contributed by atoms with Crippen molar-refractivity contribution >= 4 is 11.8 Å². The van der Waals surface area contributed by atoms with Gasteiger partial charge in [0.2, 0.25) is 0 Å². The van der Waals surface area contributed by atoms with Gasteiger partial charge in [-0.3, -0.25) is 14.6 Å². The van der Waals surface area contributed by atoms with Gasteiger partial charge in [0.1, 0.15) is 0 Å². The Bertz CT molecular complexity index is 704. The van der Waals surface area contributed by atoms with Crippen LogP contribution in [-0.2, 0) is 9.59 Å². The highest BCUT2D eigenvalue weighted by Crippen LogP contribution is 2.50. The Hall–Kier alpha value is -2.56. The lowest BCUT2D eigenvalue weighted by Gasteiger charge is -2.37. The van der Waals surface area contributed by atoms with Crippen LogP contribution < -0.4 is 0 Å². The standard InChI is InChI=1S/C14H10F14N2O2/c1-3-5-29(6-4-2)30(7(31)9(15,16)11(19,20)13(23,24)25)8(32)10(17,18)12(21,22)14(26,27)28/h3-6H,1-2H3/b5-3-,6-4+. The van der Waals surface area contributed by atoms with Crippen LogP contribution in [0.15, 0.2) is 24.6 Å². The van der Waals surface area contributed by atoms with Crippen LogP contribution in [0, 0.1) is 0 Å². The third-order valence-electron chi connectivity index (χ3n) is 3.26. The fourth-order valence-electron chi connectivity index (χ4n) is 1.68. The highest BCUT2D eigenvalue weighted by atomic mass is 19.4. The van der Waals surface area contributed by atoms with Gasteiger partial charge in [-0.2, -0.15) is 66.5 Å². The summed E-state index contributed by atoms with van der Waals surface area (Å²) in [7, 11) is 0. The van der Waals surface area contributed by atoms with Gasteiger partial charge in [-0.25, -0.2) is 0 Å². The molecule has 4 nitrogen and oxygen atoms in total. The summed E-state index contributed by atoms with van der Waals surface area (Å²) in [5.74, 6) is -37.3. The number of rotatable bonds is 7. The lowest BCUT2D eigenvalue weighted by Crippen LogP contribution is -2.67. The van der Waals surface area contributed by atoms with Crippen LogP contribution in [-0.4, -0.2) is 57.9 Å². The van der Waals surface area contributed by atoms with Crippen LogP contribution in [0.5, 0.6) is 0 Å². The molecule has 0 fully saturated rings. The molecule has 0 aromatic rings. The topological polar surface area (TPSA) is 40.6 Å². The first-order valence-electron chi connectivity index (χ1n) is 7.54. The number of carbonyl (C=O) groups is 2. The zero-order chi connectivity index (χ0) is 26.1.